The molecule has 0 fully saturated rings. The number of methoxy groups -OCH3 is 1. The lowest BCUT2D eigenvalue weighted by molar-refractivity contribution is 0.407. The van der Waals surface area contributed by atoms with Gasteiger partial charge in [-0.1, -0.05) is 20.8 Å². The van der Waals surface area contributed by atoms with Gasteiger partial charge in [0.05, 0.1) is 13.3 Å². The van der Waals surface area contributed by atoms with Gasteiger partial charge in [-0.05, 0) is 35.7 Å². The minimum atomic E-state index is -0.0505. The summed E-state index contributed by atoms with van der Waals surface area (Å²) >= 11 is 0. The standard InChI is InChI=1S/C16H20N2O2/c1-16(2,3)13-9-11(19-4)5-7-14(13)20-12-6-8-15(17)18-10-12/h5-10H,1-4H3,(H2,17,18). The zero-order valence-corrected chi connectivity index (χ0v) is 12.3. The van der Waals surface area contributed by atoms with E-state index < -0.39 is 0 Å². The highest BCUT2D eigenvalue weighted by Gasteiger charge is 2.20. The second-order valence-corrected chi connectivity index (χ2v) is 5.63. The normalized spacial score (nSPS) is 11.2. The summed E-state index contributed by atoms with van der Waals surface area (Å²) in [4.78, 5) is 4.03. The van der Waals surface area contributed by atoms with Crippen LogP contribution in [0.25, 0.3) is 0 Å². The number of hydrogen-bond donors (Lipinski definition) is 1. The van der Waals surface area contributed by atoms with Gasteiger partial charge in [-0.25, -0.2) is 4.98 Å². The fourth-order valence-electron chi connectivity index (χ4n) is 1.89. The number of nitrogens with two attached hydrogens (primary N) is 1. The van der Waals surface area contributed by atoms with Gasteiger partial charge in [0.1, 0.15) is 23.1 Å². The lowest BCUT2D eigenvalue weighted by Crippen LogP contribution is -2.12. The molecule has 20 heavy (non-hydrogen) atoms. The zero-order chi connectivity index (χ0) is 14.8. The molecule has 1 aromatic carbocycles. The Morgan fingerprint density at radius 1 is 1.05 bits per heavy atom. The number of benzene rings is 1. The summed E-state index contributed by atoms with van der Waals surface area (Å²) in [6.07, 6.45) is 1.62. The number of anilines is 1. The Morgan fingerprint density at radius 3 is 2.30 bits per heavy atom. The van der Waals surface area contributed by atoms with E-state index in [9.17, 15) is 0 Å². The molecule has 0 unspecified atom stereocenters. The molecule has 1 heterocycles. The maximum Gasteiger partial charge on any atom is 0.145 e. The highest BCUT2D eigenvalue weighted by atomic mass is 16.5. The first-order valence-corrected chi connectivity index (χ1v) is 6.48. The third kappa shape index (κ3) is 3.20. The summed E-state index contributed by atoms with van der Waals surface area (Å²) < 4.78 is 11.2. The lowest BCUT2D eigenvalue weighted by atomic mass is 9.86. The van der Waals surface area contributed by atoms with Crippen molar-refractivity contribution in [1.82, 2.24) is 4.98 Å². The SMILES string of the molecule is COc1ccc(Oc2ccc(N)nc2)c(C(C)(C)C)c1. The molecule has 2 aromatic rings. The van der Waals surface area contributed by atoms with Crippen LogP contribution in [0.4, 0.5) is 5.82 Å². The van der Waals surface area contributed by atoms with Crippen molar-refractivity contribution in [2.24, 2.45) is 0 Å². The smallest absolute Gasteiger partial charge is 0.145 e. The molecule has 0 aliphatic rings. The maximum absolute atomic E-state index is 5.92. The van der Waals surface area contributed by atoms with Gasteiger partial charge >= 0.3 is 0 Å². The Morgan fingerprint density at radius 2 is 1.75 bits per heavy atom. The van der Waals surface area contributed by atoms with Crippen molar-refractivity contribution in [3.05, 3.63) is 42.1 Å². The summed E-state index contributed by atoms with van der Waals surface area (Å²) in [5, 5.41) is 0. The van der Waals surface area contributed by atoms with Gasteiger partial charge in [0.15, 0.2) is 0 Å². The number of rotatable bonds is 3. The van der Waals surface area contributed by atoms with Crippen LogP contribution in [0.15, 0.2) is 36.5 Å². The van der Waals surface area contributed by atoms with Gasteiger partial charge < -0.3 is 15.2 Å². The Kier molecular flexibility index (Phi) is 3.84. The molecule has 0 radical (unpaired) electrons. The maximum atomic E-state index is 5.92. The molecule has 4 heteroatoms. The molecular formula is C16H20N2O2. The van der Waals surface area contributed by atoms with Gasteiger partial charge in [0.25, 0.3) is 0 Å². The van der Waals surface area contributed by atoms with E-state index in [0.29, 0.717) is 11.6 Å². The van der Waals surface area contributed by atoms with E-state index >= 15 is 0 Å². The zero-order valence-electron chi connectivity index (χ0n) is 12.3. The molecule has 0 saturated carbocycles. The van der Waals surface area contributed by atoms with Crippen molar-refractivity contribution in [2.45, 2.75) is 26.2 Å². The Balaban J connectivity index is 2.38. The van der Waals surface area contributed by atoms with E-state index in [1.807, 2.05) is 18.2 Å². The number of nitrogens with zero attached hydrogens (tertiary/aromatic N) is 1. The quantitative estimate of drug-likeness (QED) is 0.924. The number of nitrogen functional groups attached to an aromatic ring is 1. The molecule has 0 saturated heterocycles. The van der Waals surface area contributed by atoms with E-state index in [4.69, 9.17) is 15.2 Å². The topological polar surface area (TPSA) is 57.4 Å². The molecule has 4 nitrogen and oxygen atoms in total. The van der Waals surface area contributed by atoms with E-state index in [1.54, 1.807) is 25.4 Å². The summed E-state index contributed by atoms with van der Waals surface area (Å²) in [7, 11) is 1.66. The van der Waals surface area contributed by atoms with Crippen molar-refractivity contribution in [2.75, 3.05) is 12.8 Å². The Hall–Kier alpha value is -2.23. The van der Waals surface area contributed by atoms with Crippen molar-refractivity contribution in [1.29, 1.82) is 0 Å². The average Bonchev–Trinajstić information content (AvgIpc) is 2.40. The molecule has 2 N–H and O–H groups in total. The van der Waals surface area contributed by atoms with Crippen molar-refractivity contribution >= 4 is 5.82 Å². The van der Waals surface area contributed by atoms with Crippen molar-refractivity contribution < 1.29 is 9.47 Å². The van der Waals surface area contributed by atoms with Crippen molar-refractivity contribution in [3.63, 3.8) is 0 Å². The number of ether oxygens (including phenoxy) is 2. The van der Waals surface area contributed by atoms with Crippen LogP contribution in [0, 0.1) is 0 Å². The Labute approximate surface area is 119 Å². The van der Waals surface area contributed by atoms with E-state index in [2.05, 4.69) is 25.8 Å². The minimum absolute atomic E-state index is 0.0505. The summed E-state index contributed by atoms with van der Waals surface area (Å²) in [5.41, 5.74) is 6.60. The van der Waals surface area contributed by atoms with Gasteiger partial charge in [0, 0.05) is 5.56 Å². The molecular weight excluding hydrogens is 252 g/mol. The molecule has 0 spiro atoms. The molecule has 106 valence electrons. The van der Waals surface area contributed by atoms with E-state index in [1.165, 1.54) is 0 Å². The van der Waals surface area contributed by atoms with Crippen LogP contribution in [-0.2, 0) is 5.41 Å². The first-order valence-electron chi connectivity index (χ1n) is 6.48. The molecule has 0 atom stereocenters. The fourth-order valence-corrected chi connectivity index (χ4v) is 1.89. The second-order valence-electron chi connectivity index (χ2n) is 5.63. The van der Waals surface area contributed by atoms with Crippen LogP contribution in [0.3, 0.4) is 0 Å². The number of aromatic nitrogens is 1. The minimum Gasteiger partial charge on any atom is -0.497 e. The van der Waals surface area contributed by atoms with Crippen LogP contribution in [0.5, 0.6) is 17.2 Å². The summed E-state index contributed by atoms with van der Waals surface area (Å²) in [6, 6.07) is 9.32. The van der Waals surface area contributed by atoms with E-state index in [0.717, 1.165) is 17.1 Å². The van der Waals surface area contributed by atoms with Crippen LogP contribution < -0.4 is 15.2 Å². The highest BCUT2D eigenvalue weighted by molar-refractivity contribution is 5.46. The molecule has 0 aliphatic heterocycles. The third-order valence-electron chi connectivity index (χ3n) is 2.98. The van der Waals surface area contributed by atoms with Crippen molar-refractivity contribution in [3.8, 4) is 17.2 Å². The summed E-state index contributed by atoms with van der Waals surface area (Å²) in [6.45, 7) is 6.40. The largest absolute Gasteiger partial charge is 0.497 e. The molecule has 0 bridgehead atoms. The molecule has 0 amide bonds. The monoisotopic (exact) mass is 272 g/mol. The van der Waals surface area contributed by atoms with Crippen LogP contribution in [-0.4, -0.2) is 12.1 Å². The first kappa shape index (κ1) is 14.2. The molecule has 2 rings (SSSR count). The second kappa shape index (κ2) is 5.41. The predicted octanol–water partition coefficient (Wildman–Crippen LogP) is 3.76. The number of pyridine rings is 1. The predicted molar refractivity (Wildman–Crippen MR) is 80.4 cm³/mol. The average molecular weight is 272 g/mol. The van der Waals surface area contributed by atoms with Gasteiger partial charge in [-0.15, -0.1) is 0 Å². The molecule has 0 aliphatic carbocycles. The van der Waals surface area contributed by atoms with Gasteiger partial charge in [0.2, 0.25) is 0 Å². The molecule has 1 aromatic heterocycles. The van der Waals surface area contributed by atoms with E-state index in [-0.39, 0.29) is 5.41 Å². The van der Waals surface area contributed by atoms with Crippen LogP contribution in [0.1, 0.15) is 26.3 Å². The summed E-state index contributed by atoms with van der Waals surface area (Å²) in [5.74, 6) is 2.75. The third-order valence-corrected chi connectivity index (χ3v) is 2.98. The first-order chi connectivity index (χ1) is 9.40. The Bertz CT molecular complexity index is 586. The van der Waals surface area contributed by atoms with Crippen LogP contribution in [0.2, 0.25) is 0 Å². The highest BCUT2D eigenvalue weighted by Crippen LogP contribution is 2.36. The van der Waals surface area contributed by atoms with Gasteiger partial charge in [-0.2, -0.15) is 0 Å². The fraction of sp³-hybridized carbons (Fsp3) is 0.312. The van der Waals surface area contributed by atoms with Crippen LogP contribution >= 0.6 is 0 Å². The lowest BCUT2D eigenvalue weighted by Gasteiger charge is -2.23. The van der Waals surface area contributed by atoms with Gasteiger partial charge in [-0.3, -0.25) is 0 Å². The number of hydrogen-bond acceptors (Lipinski definition) is 4.